The third kappa shape index (κ3) is 2.29. The molecule has 0 aliphatic carbocycles. The molecular formula is C10H10F3NS. The minimum absolute atomic E-state index is 0.220. The van der Waals surface area contributed by atoms with Gasteiger partial charge in [-0.15, -0.1) is 11.8 Å². The summed E-state index contributed by atoms with van der Waals surface area (Å²) in [5.74, 6) is 0.858. The van der Waals surface area contributed by atoms with E-state index in [2.05, 4.69) is 5.32 Å². The van der Waals surface area contributed by atoms with Gasteiger partial charge in [-0.1, -0.05) is 18.2 Å². The van der Waals surface area contributed by atoms with E-state index in [1.807, 2.05) is 0 Å². The molecule has 1 aromatic rings. The number of hydrogen-bond donors (Lipinski definition) is 1. The topological polar surface area (TPSA) is 12.0 Å². The van der Waals surface area contributed by atoms with Crippen molar-refractivity contribution in [2.24, 2.45) is 0 Å². The summed E-state index contributed by atoms with van der Waals surface area (Å²) in [5.41, 5.74) is -0.190. The highest BCUT2D eigenvalue weighted by Crippen LogP contribution is 2.39. The largest absolute Gasteiger partial charge is 0.416 e. The molecule has 1 fully saturated rings. The van der Waals surface area contributed by atoms with Crippen molar-refractivity contribution in [1.82, 2.24) is 5.32 Å². The molecule has 5 heteroatoms. The minimum atomic E-state index is -4.26. The number of nitrogens with one attached hydrogen (secondary N) is 1. The molecule has 1 atom stereocenters. The van der Waals surface area contributed by atoms with Gasteiger partial charge < -0.3 is 5.32 Å². The number of thioether (sulfide) groups is 1. The van der Waals surface area contributed by atoms with Gasteiger partial charge in [-0.05, 0) is 11.6 Å². The first-order valence-corrected chi connectivity index (χ1v) is 5.65. The highest BCUT2D eigenvalue weighted by Gasteiger charge is 2.35. The molecule has 1 aromatic carbocycles. The fourth-order valence-corrected chi connectivity index (χ4v) is 2.70. The second-order valence-electron chi connectivity index (χ2n) is 3.29. The van der Waals surface area contributed by atoms with Crippen molar-refractivity contribution in [2.45, 2.75) is 11.6 Å². The molecule has 1 nitrogen and oxygen atoms in total. The van der Waals surface area contributed by atoms with Crippen LogP contribution in [0.15, 0.2) is 24.3 Å². The van der Waals surface area contributed by atoms with E-state index < -0.39 is 11.7 Å². The fourth-order valence-electron chi connectivity index (χ4n) is 1.61. The molecule has 0 aromatic heterocycles. The average molecular weight is 233 g/mol. The number of halogens is 3. The summed E-state index contributed by atoms with van der Waals surface area (Å²) in [6.07, 6.45) is -4.26. The summed E-state index contributed by atoms with van der Waals surface area (Å²) >= 11 is 1.51. The Labute approximate surface area is 90.1 Å². The number of hydrogen-bond acceptors (Lipinski definition) is 2. The molecule has 0 radical (unpaired) electrons. The molecule has 1 heterocycles. The van der Waals surface area contributed by atoms with E-state index in [1.54, 1.807) is 12.1 Å². The van der Waals surface area contributed by atoms with Crippen molar-refractivity contribution >= 4 is 11.8 Å². The minimum Gasteiger partial charge on any atom is -0.301 e. The first-order valence-electron chi connectivity index (χ1n) is 4.60. The maximum atomic E-state index is 12.7. The van der Waals surface area contributed by atoms with E-state index in [0.717, 1.165) is 18.4 Å². The van der Waals surface area contributed by atoms with E-state index in [-0.39, 0.29) is 5.37 Å². The molecule has 1 saturated heterocycles. The van der Waals surface area contributed by atoms with Crippen LogP contribution in [0.25, 0.3) is 0 Å². The van der Waals surface area contributed by atoms with Gasteiger partial charge in [-0.25, -0.2) is 0 Å². The first-order chi connectivity index (χ1) is 7.09. The zero-order valence-electron chi connectivity index (χ0n) is 7.84. The summed E-state index contributed by atoms with van der Waals surface area (Å²) in [7, 11) is 0. The van der Waals surface area contributed by atoms with Gasteiger partial charge in [-0.2, -0.15) is 13.2 Å². The fraction of sp³-hybridized carbons (Fsp3) is 0.400. The van der Waals surface area contributed by atoms with Gasteiger partial charge in [0.2, 0.25) is 0 Å². The van der Waals surface area contributed by atoms with Crippen molar-refractivity contribution in [1.29, 1.82) is 0 Å². The molecule has 1 N–H and O–H groups in total. The molecule has 2 rings (SSSR count). The summed E-state index contributed by atoms with van der Waals surface area (Å²) < 4.78 is 38.0. The van der Waals surface area contributed by atoms with Gasteiger partial charge in [0.25, 0.3) is 0 Å². The van der Waals surface area contributed by atoms with Crippen LogP contribution in [0.3, 0.4) is 0 Å². The molecule has 0 unspecified atom stereocenters. The van der Waals surface area contributed by atoms with E-state index in [0.29, 0.717) is 5.56 Å². The molecule has 0 amide bonds. The highest BCUT2D eigenvalue weighted by atomic mass is 32.2. The van der Waals surface area contributed by atoms with Crippen LogP contribution in [-0.2, 0) is 6.18 Å². The zero-order valence-corrected chi connectivity index (χ0v) is 8.66. The lowest BCUT2D eigenvalue weighted by Crippen LogP contribution is -2.17. The Balaban J connectivity index is 2.37. The molecular weight excluding hydrogens is 223 g/mol. The molecule has 1 aliphatic rings. The van der Waals surface area contributed by atoms with Crippen LogP contribution in [0.2, 0.25) is 0 Å². The van der Waals surface area contributed by atoms with E-state index in [9.17, 15) is 13.2 Å². The molecule has 0 bridgehead atoms. The molecule has 82 valence electrons. The van der Waals surface area contributed by atoms with Crippen LogP contribution in [0, 0.1) is 0 Å². The van der Waals surface area contributed by atoms with Gasteiger partial charge >= 0.3 is 6.18 Å². The van der Waals surface area contributed by atoms with Gasteiger partial charge in [0.15, 0.2) is 0 Å². The van der Waals surface area contributed by atoms with E-state index >= 15 is 0 Å². The maximum Gasteiger partial charge on any atom is 0.416 e. The highest BCUT2D eigenvalue weighted by molar-refractivity contribution is 7.99. The van der Waals surface area contributed by atoms with Gasteiger partial charge in [0.05, 0.1) is 10.9 Å². The SMILES string of the molecule is FC(F)(F)c1ccccc1[C@H]1NCCS1. The molecule has 0 saturated carbocycles. The number of rotatable bonds is 1. The first kappa shape index (κ1) is 10.8. The third-order valence-electron chi connectivity index (χ3n) is 2.26. The quantitative estimate of drug-likeness (QED) is 0.800. The average Bonchev–Trinajstić information content (AvgIpc) is 2.69. The summed E-state index contributed by atoms with van der Waals surface area (Å²) in [5, 5.41) is 2.83. The standard InChI is InChI=1S/C10H10F3NS/c11-10(12,13)8-4-2-1-3-7(8)9-14-5-6-15-9/h1-4,9,14H,5-6H2/t9-/m0/s1. The Morgan fingerprint density at radius 2 is 2.00 bits per heavy atom. The molecule has 0 spiro atoms. The van der Waals surface area contributed by atoms with Crippen molar-refractivity contribution in [3.05, 3.63) is 35.4 Å². The smallest absolute Gasteiger partial charge is 0.301 e. The van der Waals surface area contributed by atoms with Crippen LogP contribution < -0.4 is 5.32 Å². The van der Waals surface area contributed by atoms with Gasteiger partial charge in [0.1, 0.15) is 0 Å². The van der Waals surface area contributed by atoms with Crippen molar-refractivity contribution in [2.75, 3.05) is 12.3 Å². The monoisotopic (exact) mass is 233 g/mol. The van der Waals surface area contributed by atoms with E-state index in [1.165, 1.54) is 17.8 Å². The predicted molar refractivity (Wildman–Crippen MR) is 54.6 cm³/mol. The van der Waals surface area contributed by atoms with Crippen LogP contribution in [0.1, 0.15) is 16.5 Å². The lowest BCUT2D eigenvalue weighted by Gasteiger charge is -2.16. The van der Waals surface area contributed by atoms with E-state index in [4.69, 9.17) is 0 Å². The van der Waals surface area contributed by atoms with Crippen LogP contribution in [0.4, 0.5) is 13.2 Å². The second kappa shape index (κ2) is 4.06. The van der Waals surface area contributed by atoms with Gasteiger partial charge in [0, 0.05) is 12.3 Å². The van der Waals surface area contributed by atoms with Crippen LogP contribution in [-0.4, -0.2) is 12.3 Å². The van der Waals surface area contributed by atoms with Gasteiger partial charge in [-0.3, -0.25) is 0 Å². The Kier molecular flexibility index (Phi) is 2.93. The zero-order chi connectivity index (χ0) is 10.9. The van der Waals surface area contributed by atoms with Crippen LogP contribution in [0.5, 0.6) is 0 Å². The second-order valence-corrected chi connectivity index (χ2v) is 4.50. The summed E-state index contributed by atoms with van der Waals surface area (Å²) in [4.78, 5) is 0. The predicted octanol–water partition coefficient (Wildman–Crippen LogP) is 3.04. The Morgan fingerprint density at radius 1 is 1.27 bits per heavy atom. The van der Waals surface area contributed by atoms with Crippen molar-refractivity contribution < 1.29 is 13.2 Å². The lowest BCUT2D eigenvalue weighted by molar-refractivity contribution is -0.138. The summed E-state index contributed by atoms with van der Waals surface area (Å²) in [6.45, 7) is 0.765. The molecule has 15 heavy (non-hydrogen) atoms. The Bertz CT molecular complexity index is 345. The maximum absolute atomic E-state index is 12.7. The Hall–Kier alpha value is -0.680. The number of benzene rings is 1. The number of alkyl halides is 3. The lowest BCUT2D eigenvalue weighted by atomic mass is 10.1. The summed E-state index contributed by atoms with van der Waals surface area (Å²) in [6, 6.07) is 5.74. The normalized spacial score (nSPS) is 21.9. The Morgan fingerprint density at radius 3 is 2.60 bits per heavy atom. The van der Waals surface area contributed by atoms with Crippen molar-refractivity contribution in [3.63, 3.8) is 0 Å². The van der Waals surface area contributed by atoms with Crippen molar-refractivity contribution in [3.8, 4) is 0 Å². The molecule has 1 aliphatic heterocycles. The third-order valence-corrected chi connectivity index (χ3v) is 3.46. The van der Waals surface area contributed by atoms with Crippen LogP contribution >= 0.6 is 11.8 Å².